The maximum atomic E-state index is 11.7. The van der Waals surface area contributed by atoms with Gasteiger partial charge in [-0.25, -0.2) is 4.98 Å². The Morgan fingerprint density at radius 1 is 1.50 bits per heavy atom. The molecule has 1 aromatic heterocycles. The van der Waals surface area contributed by atoms with Gasteiger partial charge in [0.2, 0.25) is 5.91 Å². The predicted molar refractivity (Wildman–Crippen MR) is 76.8 cm³/mol. The number of aliphatic carboxylic acids is 1. The van der Waals surface area contributed by atoms with Gasteiger partial charge in [-0.2, -0.15) is 0 Å². The van der Waals surface area contributed by atoms with Crippen LogP contribution in [0.1, 0.15) is 25.0 Å². The van der Waals surface area contributed by atoms with Crippen LogP contribution in [0.3, 0.4) is 0 Å². The van der Waals surface area contributed by atoms with Crippen molar-refractivity contribution in [1.29, 1.82) is 0 Å². The highest BCUT2D eigenvalue weighted by Crippen LogP contribution is 2.31. The lowest BCUT2D eigenvalue weighted by Crippen LogP contribution is -2.34. The van der Waals surface area contributed by atoms with Crippen molar-refractivity contribution in [2.45, 2.75) is 26.2 Å². The molecule has 0 bridgehead atoms. The summed E-state index contributed by atoms with van der Waals surface area (Å²) in [4.78, 5) is 26.9. The summed E-state index contributed by atoms with van der Waals surface area (Å²) in [7, 11) is 0. The van der Waals surface area contributed by atoms with Gasteiger partial charge in [-0.05, 0) is 32.2 Å². The minimum Gasteiger partial charge on any atom is -0.481 e. The largest absolute Gasteiger partial charge is 0.481 e. The molecule has 1 fully saturated rings. The quantitative estimate of drug-likeness (QED) is 0.740. The van der Waals surface area contributed by atoms with E-state index in [1.165, 1.54) is 11.3 Å². The van der Waals surface area contributed by atoms with Gasteiger partial charge in [-0.1, -0.05) is 6.42 Å². The molecular formula is C13H19N3O3S. The van der Waals surface area contributed by atoms with E-state index >= 15 is 0 Å². The number of amides is 1. The molecule has 1 aromatic rings. The Morgan fingerprint density at radius 2 is 2.30 bits per heavy atom. The second kappa shape index (κ2) is 6.81. The van der Waals surface area contributed by atoms with Crippen LogP contribution >= 0.6 is 11.3 Å². The number of carboxylic acids is 1. The van der Waals surface area contributed by atoms with Crippen molar-refractivity contribution in [3.8, 4) is 0 Å². The molecule has 110 valence electrons. The van der Waals surface area contributed by atoms with Crippen molar-refractivity contribution in [2.24, 2.45) is 11.8 Å². The molecular weight excluding hydrogens is 278 g/mol. The van der Waals surface area contributed by atoms with Crippen LogP contribution in [0, 0.1) is 18.8 Å². The van der Waals surface area contributed by atoms with E-state index < -0.39 is 5.97 Å². The number of hydrogen-bond donors (Lipinski definition) is 3. The highest BCUT2D eigenvalue weighted by atomic mass is 32.1. The number of nitrogens with zero attached hydrogens (tertiary/aromatic N) is 1. The first-order valence-corrected chi connectivity index (χ1v) is 7.59. The van der Waals surface area contributed by atoms with Gasteiger partial charge in [0, 0.05) is 5.38 Å². The molecule has 0 spiro atoms. The van der Waals surface area contributed by atoms with Crippen LogP contribution in [0.4, 0.5) is 5.13 Å². The highest BCUT2D eigenvalue weighted by Gasteiger charge is 2.32. The Kier molecular flexibility index (Phi) is 5.08. The van der Waals surface area contributed by atoms with E-state index in [1.54, 1.807) is 0 Å². The van der Waals surface area contributed by atoms with Crippen LogP contribution in [-0.2, 0) is 9.59 Å². The summed E-state index contributed by atoms with van der Waals surface area (Å²) in [6, 6.07) is 0. The fourth-order valence-corrected chi connectivity index (χ4v) is 3.26. The number of carbonyl (C=O) groups excluding carboxylic acids is 1. The fourth-order valence-electron chi connectivity index (χ4n) is 2.55. The minimum absolute atomic E-state index is 0.127. The van der Waals surface area contributed by atoms with Crippen LogP contribution in [0.15, 0.2) is 5.38 Å². The molecule has 2 rings (SSSR count). The third kappa shape index (κ3) is 4.01. The van der Waals surface area contributed by atoms with Crippen LogP contribution in [0.25, 0.3) is 0 Å². The van der Waals surface area contributed by atoms with E-state index in [9.17, 15) is 9.59 Å². The normalized spacial score (nSPS) is 21.9. The summed E-state index contributed by atoms with van der Waals surface area (Å²) in [5.41, 5.74) is 0.883. The molecule has 1 amide bonds. The SMILES string of the molecule is Cc1csc(NC(=O)CNCC2CCCC2C(=O)O)n1. The Hall–Kier alpha value is -1.47. The first-order chi connectivity index (χ1) is 9.56. The van der Waals surface area contributed by atoms with Crippen LogP contribution in [0.5, 0.6) is 0 Å². The maximum Gasteiger partial charge on any atom is 0.306 e. The number of carbonyl (C=O) groups is 2. The van der Waals surface area contributed by atoms with Gasteiger partial charge in [0.15, 0.2) is 5.13 Å². The van der Waals surface area contributed by atoms with Crippen molar-refractivity contribution in [3.63, 3.8) is 0 Å². The molecule has 3 N–H and O–H groups in total. The van der Waals surface area contributed by atoms with Gasteiger partial charge in [-0.15, -0.1) is 11.3 Å². The van der Waals surface area contributed by atoms with Gasteiger partial charge in [0.05, 0.1) is 18.2 Å². The molecule has 2 unspecified atom stereocenters. The lowest BCUT2D eigenvalue weighted by Gasteiger charge is -2.15. The standard InChI is InChI=1S/C13H19N3O3S/c1-8-7-20-13(15-8)16-11(17)6-14-5-9-3-2-4-10(9)12(18)19/h7,9-10,14H,2-6H2,1H3,(H,18,19)(H,15,16,17). The molecule has 0 aliphatic heterocycles. The number of carboxylic acid groups (broad SMARTS) is 1. The zero-order valence-corrected chi connectivity index (χ0v) is 12.2. The lowest BCUT2D eigenvalue weighted by atomic mass is 9.96. The highest BCUT2D eigenvalue weighted by molar-refractivity contribution is 7.13. The van der Waals surface area contributed by atoms with Crippen LogP contribution in [0.2, 0.25) is 0 Å². The zero-order valence-electron chi connectivity index (χ0n) is 11.4. The lowest BCUT2D eigenvalue weighted by molar-refractivity contribution is -0.142. The molecule has 0 radical (unpaired) electrons. The molecule has 1 heterocycles. The number of thiazole rings is 1. The monoisotopic (exact) mass is 297 g/mol. The summed E-state index contributed by atoms with van der Waals surface area (Å²) in [5.74, 6) is -1.02. The number of anilines is 1. The summed E-state index contributed by atoms with van der Waals surface area (Å²) >= 11 is 1.39. The number of hydrogen-bond acceptors (Lipinski definition) is 5. The van der Waals surface area contributed by atoms with E-state index in [-0.39, 0.29) is 24.3 Å². The second-order valence-corrected chi connectivity index (χ2v) is 5.97. The average Bonchev–Trinajstić information content (AvgIpc) is 2.98. The summed E-state index contributed by atoms with van der Waals surface area (Å²) in [6.45, 7) is 2.62. The molecule has 0 saturated heterocycles. The zero-order chi connectivity index (χ0) is 14.5. The van der Waals surface area contributed by atoms with Crippen LogP contribution in [-0.4, -0.2) is 35.1 Å². The van der Waals surface area contributed by atoms with E-state index in [2.05, 4.69) is 15.6 Å². The molecule has 20 heavy (non-hydrogen) atoms. The van der Waals surface area contributed by atoms with Gasteiger partial charge in [-0.3, -0.25) is 9.59 Å². The van der Waals surface area contributed by atoms with Gasteiger partial charge < -0.3 is 15.7 Å². The Labute approximate surface area is 121 Å². The third-order valence-electron chi connectivity index (χ3n) is 3.53. The van der Waals surface area contributed by atoms with Gasteiger partial charge >= 0.3 is 5.97 Å². The Morgan fingerprint density at radius 3 is 2.95 bits per heavy atom. The van der Waals surface area contributed by atoms with Crippen LogP contribution < -0.4 is 10.6 Å². The fraction of sp³-hybridized carbons (Fsp3) is 0.615. The van der Waals surface area contributed by atoms with Crippen molar-refractivity contribution in [2.75, 3.05) is 18.4 Å². The molecule has 1 aliphatic rings. The number of aromatic nitrogens is 1. The number of nitrogens with one attached hydrogen (secondary N) is 2. The summed E-state index contributed by atoms with van der Waals surface area (Å²) in [5, 5.41) is 17.3. The molecule has 7 heteroatoms. The summed E-state index contributed by atoms with van der Waals surface area (Å²) < 4.78 is 0. The predicted octanol–water partition coefficient (Wildman–Crippen LogP) is 1.48. The van der Waals surface area contributed by atoms with Gasteiger partial charge in [0.25, 0.3) is 0 Å². The maximum absolute atomic E-state index is 11.7. The van der Waals surface area contributed by atoms with E-state index in [0.717, 1.165) is 25.0 Å². The third-order valence-corrected chi connectivity index (χ3v) is 4.41. The molecule has 1 saturated carbocycles. The second-order valence-electron chi connectivity index (χ2n) is 5.11. The van der Waals surface area contributed by atoms with Crippen molar-refractivity contribution in [3.05, 3.63) is 11.1 Å². The van der Waals surface area contributed by atoms with E-state index in [0.29, 0.717) is 11.7 Å². The molecule has 0 aromatic carbocycles. The summed E-state index contributed by atoms with van der Waals surface area (Å²) in [6.07, 6.45) is 2.61. The Balaban J connectivity index is 1.70. The Bertz CT molecular complexity index is 489. The van der Waals surface area contributed by atoms with Crippen molar-refractivity contribution < 1.29 is 14.7 Å². The van der Waals surface area contributed by atoms with E-state index in [1.807, 2.05) is 12.3 Å². The number of rotatable bonds is 6. The average molecular weight is 297 g/mol. The first kappa shape index (κ1) is 14.9. The number of aryl methyl sites for hydroxylation is 1. The molecule has 1 aliphatic carbocycles. The first-order valence-electron chi connectivity index (χ1n) is 6.71. The van der Waals surface area contributed by atoms with Gasteiger partial charge in [0.1, 0.15) is 0 Å². The van der Waals surface area contributed by atoms with Crippen molar-refractivity contribution >= 4 is 28.3 Å². The molecule has 6 nitrogen and oxygen atoms in total. The molecule has 2 atom stereocenters. The van der Waals surface area contributed by atoms with E-state index in [4.69, 9.17) is 5.11 Å². The topological polar surface area (TPSA) is 91.3 Å². The van der Waals surface area contributed by atoms with Crippen molar-refractivity contribution in [1.82, 2.24) is 10.3 Å². The minimum atomic E-state index is -0.725. The smallest absolute Gasteiger partial charge is 0.306 e.